The molecule has 1 saturated heterocycles. The summed E-state index contributed by atoms with van der Waals surface area (Å²) < 4.78 is 0. The Morgan fingerprint density at radius 1 is 1.35 bits per heavy atom. The molecule has 2 N–H and O–H groups in total. The van der Waals surface area contributed by atoms with Crippen molar-refractivity contribution in [1.82, 2.24) is 10.2 Å². The predicted molar refractivity (Wildman–Crippen MR) is 78.3 cm³/mol. The number of carboxylic acids is 1. The number of nitrogens with zero attached hydrogens (tertiary/aromatic N) is 1. The molecule has 0 bridgehead atoms. The highest BCUT2D eigenvalue weighted by Gasteiger charge is 2.34. The van der Waals surface area contributed by atoms with Gasteiger partial charge in [0.2, 0.25) is 0 Å². The van der Waals surface area contributed by atoms with Gasteiger partial charge in [-0.3, -0.25) is 14.5 Å². The first-order valence-electron chi connectivity index (χ1n) is 6.45. The van der Waals surface area contributed by atoms with Crippen LogP contribution in [0.2, 0.25) is 0 Å². The minimum absolute atomic E-state index is 0.0431. The third kappa shape index (κ3) is 3.54. The largest absolute Gasteiger partial charge is 0.481 e. The Balaban J connectivity index is 1.90. The van der Waals surface area contributed by atoms with Gasteiger partial charge in [0.1, 0.15) is 6.04 Å². The van der Waals surface area contributed by atoms with E-state index in [9.17, 15) is 9.59 Å². The van der Waals surface area contributed by atoms with Crippen molar-refractivity contribution in [2.75, 3.05) is 6.54 Å². The first-order valence-corrected chi connectivity index (χ1v) is 6.86. The summed E-state index contributed by atoms with van der Waals surface area (Å²) in [6, 6.07) is 9.34. The van der Waals surface area contributed by atoms with Gasteiger partial charge in [-0.05, 0) is 30.6 Å². The summed E-state index contributed by atoms with van der Waals surface area (Å²) >= 11 is 5.14. The Labute approximate surface area is 122 Å². The van der Waals surface area contributed by atoms with Crippen molar-refractivity contribution < 1.29 is 14.7 Å². The summed E-state index contributed by atoms with van der Waals surface area (Å²) in [7, 11) is 0. The Kier molecular flexibility index (Phi) is 4.68. The number of carboxylic acid groups (broad SMARTS) is 1. The van der Waals surface area contributed by atoms with Gasteiger partial charge in [-0.25, -0.2) is 0 Å². The van der Waals surface area contributed by atoms with Gasteiger partial charge in [0.25, 0.3) is 5.91 Å². The average molecular weight is 292 g/mol. The molecule has 106 valence electrons. The monoisotopic (exact) mass is 292 g/mol. The number of amides is 1. The van der Waals surface area contributed by atoms with E-state index in [4.69, 9.17) is 17.3 Å². The van der Waals surface area contributed by atoms with Gasteiger partial charge >= 0.3 is 5.97 Å². The molecule has 1 heterocycles. The molecule has 6 heteroatoms. The zero-order valence-corrected chi connectivity index (χ0v) is 11.7. The summed E-state index contributed by atoms with van der Waals surface area (Å²) in [4.78, 5) is 24.2. The van der Waals surface area contributed by atoms with E-state index in [1.54, 1.807) is 0 Å². The number of hydrogen-bond acceptors (Lipinski definition) is 3. The van der Waals surface area contributed by atoms with E-state index in [2.05, 4.69) is 5.32 Å². The lowest BCUT2D eigenvalue weighted by Crippen LogP contribution is -2.33. The molecule has 1 aliphatic heterocycles. The van der Waals surface area contributed by atoms with Gasteiger partial charge in [-0.2, -0.15) is 0 Å². The number of carbonyl (C=O) groups is 2. The van der Waals surface area contributed by atoms with Crippen molar-refractivity contribution in [3.8, 4) is 0 Å². The van der Waals surface area contributed by atoms with Gasteiger partial charge in [-0.15, -0.1) is 0 Å². The Morgan fingerprint density at radius 2 is 2.05 bits per heavy atom. The molecule has 0 radical (unpaired) electrons. The van der Waals surface area contributed by atoms with Crippen molar-refractivity contribution in [3.63, 3.8) is 0 Å². The third-order valence-electron chi connectivity index (χ3n) is 3.22. The summed E-state index contributed by atoms with van der Waals surface area (Å²) in [5.74, 6) is -1.04. The van der Waals surface area contributed by atoms with Crippen LogP contribution in [0.25, 0.3) is 0 Å². The van der Waals surface area contributed by atoms with Crippen LogP contribution in [0.5, 0.6) is 0 Å². The van der Waals surface area contributed by atoms with Crippen LogP contribution in [0.4, 0.5) is 0 Å². The quantitative estimate of drug-likeness (QED) is 0.771. The average Bonchev–Trinajstić information content (AvgIpc) is 2.70. The van der Waals surface area contributed by atoms with E-state index in [-0.39, 0.29) is 18.7 Å². The highest BCUT2D eigenvalue weighted by molar-refractivity contribution is 7.80. The number of carbonyl (C=O) groups excluding carboxylic acids is 1. The highest BCUT2D eigenvalue weighted by Crippen LogP contribution is 2.12. The second-order valence-corrected chi connectivity index (χ2v) is 5.05. The van der Waals surface area contributed by atoms with Gasteiger partial charge in [-0.1, -0.05) is 30.3 Å². The molecule has 1 aromatic carbocycles. The lowest BCUT2D eigenvalue weighted by molar-refractivity contribution is -0.137. The maximum absolute atomic E-state index is 12.1. The summed E-state index contributed by atoms with van der Waals surface area (Å²) in [5.41, 5.74) is 1.14. The molecule has 20 heavy (non-hydrogen) atoms. The fourth-order valence-corrected chi connectivity index (χ4v) is 2.46. The molecular weight excluding hydrogens is 276 g/mol. The van der Waals surface area contributed by atoms with Crippen LogP contribution < -0.4 is 5.32 Å². The summed E-state index contributed by atoms with van der Waals surface area (Å²) in [6.07, 6.45) is 0.939. The predicted octanol–water partition coefficient (Wildman–Crippen LogP) is 1.18. The molecule has 0 aromatic heterocycles. The maximum atomic E-state index is 12.1. The van der Waals surface area contributed by atoms with E-state index >= 15 is 0 Å². The molecule has 1 amide bonds. The van der Waals surface area contributed by atoms with Crippen LogP contribution in [0, 0.1) is 0 Å². The SMILES string of the molecule is O=C(O)CC[C@@H]1NC(=S)N(CCc2ccccc2)C1=O. The Bertz CT molecular complexity index is 518. The van der Waals surface area contributed by atoms with Crippen LogP contribution in [-0.4, -0.2) is 39.6 Å². The van der Waals surface area contributed by atoms with Crippen LogP contribution in [-0.2, 0) is 16.0 Å². The number of nitrogens with one attached hydrogen (secondary N) is 1. The van der Waals surface area contributed by atoms with Crippen LogP contribution in [0.1, 0.15) is 18.4 Å². The van der Waals surface area contributed by atoms with Crippen molar-refractivity contribution in [3.05, 3.63) is 35.9 Å². The van der Waals surface area contributed by atoms with Crippen molar-refractivity contribution in [1.29, 1.82) is 0 Å². The zero-order chi connectivity index (χ0) is 14.5. The molecule has 1 aliphatic rings. The van der Waals surface area contributed by atoms with Crippen molar-refractivity contribution >= 4 is 29.2 Å². The summed E-state index contributed by atoms with van der Waals surface area (Å²) in [6.45, 7) is 0.512. The molecule has 0 spiro atoms. The maximum Gasteiger partial charge on any atom is 0.303 e. The number of aliphatic carboxylic acids is 1. The van der Waals surface area contributed by atoms with Crippen LogP contribution in [0.3, 0.4) is 0 Å². The van der Waals surface area contributed by atoms with Gasteiger partial charge < -0.3 is 10.4 Å². The smallest absolute Gasteiger partial charge is 0.303 e. The molecule has 1 aromatic rings. The normalized spacial score (nSPS) is 18.2. The molecule has 0 unspecified atom stereocenters. The minimum atomic E-state index is -0.909. The molecule has 0 saturated carbocycles. The fourth-order valence-electron chi connectivity index (χ4n) is 2.14. The summed E-state index contributed by atoms with van der Waals surface area (Å²) in [5, 5.41) is 11.9. The molecule has 2 rings (SSSR count). The zero-order valence-electron chi connectivity index (χ0n) is 10.9. The molecule has 1 fully saturated rings. The number of rotatable bonds is 6. The highest BCUT2D eigenvalue weighted by atomic mass is 32.1. The van der Waals surface area contributed by atoms with E-state index < -0.39 is 12.0 Å². The van der Waals surface area contributed by atoms with E-state index in [0.717, 1.165) is 12.0 Å². The van der Waals surface area contributed by atoms with Crippen molar-refractivity contribution in [2.24, 2.45) is 0 Å². The van der Waals surface area contributed by atoms with E-state index in [0.29, 0.717) is 11.7 Å². The lowest BCUT2D eigenvalue weighted by atomic mass is 10.1. The number of hydrogen-bond donors (Lipinski definition) is 2. The topological polar surface area (TPSA) is 69.6 Å². The molecule has 1 atom stereocenters. The Morgan fingerprint density at radius 3 is 2.70 bits per heavy atom. The first-order chi connectivity index (χ1) is 9.58. The number of benzene rings is 1. The van der Waals surface area contributed by atoms with Gasteiger partial charge in [0.15, 0.2) is 5.11 Å². The Hall–Kier alpha value is -1.95. The van der Waals surface area contributed by atoms with Gasteiger partial charge in [0.05, 0.1) is 0 Å². The van der Waals surface area contributed by atoms with E-state index in [1.807, 2.05) is 30.3 Å². The second-order valence-electron chi connectivity index (χ2n) is 4.66. The second kappa shape index (κ2) is 6.47. The first kappa shape index (κ1) is 14.5. The van der Waals surface area contributed by atoms with E-state index in [1.165, 1.54) is 4.90 Å². The van der Waals surface area contributed by atoms with Crippen LogP contribution >= 0.6 is 12.2 Å². The lowest BCUT2D eigenvalue weighted by Gasteiger charge is -2.14. The van der Waals surface area contributed by atoms with Gasteiger partial charge in [0, 0.05) is 13.0 Å². The molecule has 0 aliphatic carbocycles. The third-order valence-corrected chi connectivity index (χ3v) is 3.56. The standard InChI is InChI=1S/C14H16N2O3S/c17-12(18)7-6-11-13(19)16(14(20)15-11)9-8-10-4-2-1-3-5-10/h1-5,11H,6-9H2,(H,15,20)(H,17,18)/t11-/m0/s1. The minimum Gasteiger partial charge on any atom is -0.481 e. The fraction of sp³-hybridized carbons (Fsp3) is 0.357. The van der Waals surface area contributed by atoms with Crippen molar-refractivity contribution in [2.45, 2.75) is 25.3 Å². The molecule has 5 nitrogen and oxygen atoms in total. The number of thiocarbonyl (C=S) groups is 1. The molecular formula is C14H16N2O3S. The van der Waals surface area contributed by atoms with Crippen LogP contribution in [0.15, 0.2) is 30.3 Å².